The zero-order chi connectivity index (χ0) is 24.2. The van der Waals surface area contributed by atoms with Gasteiger partial charge in [-0.15, -0.1) is 5.10 Å². The highest BCUT2D eigenvalue weighted by Gasteiger charge is 2.44. The van der Waals surface area contributed by atoms with Crippen LogP contribution >= 0.6 is 0 Å². The normalized spacial score (nSPS) is 19.1. The fraction of sp³-hybridized carbons (Fsp3) is 0.500. The Hall–Kier alpha value is -3.47. The maximum absolute atomic E-state index is 13.5. The van der Waals surface area contributed by atoms with Gasteiger partial charge in [0.15, 0.2) is 0 Å². The summed E-state index contributed by atoms with van der Waals surface area (Å²) in [4.78, 5) is 39.3. The molecule has 0 spiro atoms. The fourth-order valence-corrected chi connectivity index (χ4v) is 3.90. The summed E-state index contributed by atoms with van der Waals surface area (Å²) in [5.74, 6) is -0.639. The van der Waals surface area contributed by atoms with Crippen LogP contribution in [0.3, 0.4) is 0 Å². The van der Waals surface area contributed by atoms with E-state index in [4.69, 9.17) is 0 Å². The number of hydrogen-bond acceptors (Lipinski definition) is 6. The molecule has 1 aliphatic rings. The number of nitrogens with one attached hydrogen (secondary N) is 3. The van der Waals surface area contributed by atoms with Gasteiger partial charge in [0.1, 0.15) is 17.8 Å². The molecule has 4 N–H and O–H groups in total. The highest BCUT2D eigenvalue weighted by Crippen LogP contribution is 2.34. The Kier molecular flexibility index (Phi) is 7.32. The second-order valence-electron chi connectivity index (χ2n) is 9.14. The lowest BCUT2D eigenvalue weighted by molar-refractivity contribution is -0.144. The average Bonchev–Trinajstić information content (AvgIpc) is 3.38. The molecule has 3 rings (SSSR count). The fourth-order valence-electron chi connectivity index (χ4n) is 3.90. The monoisotopic (exact) mass is 457 g/mol. The van der Waals surface area contributed by atoms with E-state index in [-0.39, 0.29) is 31.3 Å². The number of aliphatic hydroxyl groups excluding tert-OH is 1. The number of likely N-dealkylation sites (N-methyl/N-ethyl adjacent to an activating group) is 1. The van der Waals surface area contributed by atoms with E-state index in [1.54, 1.807) is 18.3 Å². The summed E-state index contributed by atoms with van der Waals surface area (Å²) in [7, 11) is 1.50. The number of amides is 4. The van der Waals surface area contributed by atoms with Crippen molar-refractivity contribution in [3.63, 3.8) is 0 Å². The van der Waals surface area contributed by atoms with Crippen LogP contribution in [0.4, 0.5) is 10.5 Å². The number of β-amino-alcohol motifs (C(OH)–C–C–N with tert-alkyl or cyclic N) is 1. The molecule has 3 atom stereocenters. The first-order chi connectivity index (χ1) is 15.6. The van der Waals surface area contributed by atoms with Crippen molar-refractivity contribution in [3.8, 4) is 0 Å². The van der Waals surface area contributed by atoms with Gasteiger partial charge in [0.05, 0.1) is 18.8 Å². The molecule has 4 amide bonds. The van der Waals surface area contributed by atoms with Crippen LogP contribution in [0.25, 0.3) is 0 Å². The topological polar surface area (TPSA) is 141 Å². The molecule has 0 aliphatic carbocycles. The molecule has 33 heavy (non-hydrogen) atoms. The molecule has 0 radical (unpaired) electrons. The maximum atomic E-state index is 13.5. The SMILES string of the molecule is CNC(=O)[C@@H]1C[C@@H](O)CN1C(=O)[C@@H](n1cc(CNC(=O)Nc2ccccc2)nn1)C(C)(C)C. The van der Waals surface area contributed by atoms with Crippen molar-refractivity contribution in [1.82, 2.24) is 30.5 Å². The summed E-state index contributed by atoms with van der Waals surface area (Å²) in [5, 5.41) is 26.3. The molecule has 178 valence electrons. The second kappa shape index (κ2) is 9.99. The van der Waals surface area contributed by atoms with Gasteiger partial charge in [-0.25, -0.2) is 9.48 Å². The van der Waals surface area contributed by atoms with Crippen molar-refractivity contribution >= 4 is 23.5 Å². The van der Waals surface area contributed by atoms with E-state index >= 15 is 0 Å². The van der Waals surface area contributed by atoms with Crippen LogP contribution < -0.4 is 16.0 Å². The van der Waals surface area contributed by atoms with Crippen LogP contribution in [0, 0.1) is 5.41 Å². The van der Waals surface area contributed by atoms with E-state index in [2.05, 4.69) is 26.3 Å². The van der Waals surface area contributed by atoms with Crippen LogP contribution in [0.2, 0.25) is 0 Å². The molecule has 1 aromatic heterocycles. The molecule has 1 fully saturated rings. The number of rotatable bonds is 6. The molecule has 2 aromatic rings. The van der Waals surface area contributed by atoms with Crippen LogP contribution in [-0.4, -0.2) is 68.6 Å². The van der Waals surface area contributed by atoms with E-state index in [0.717, 1.165) is 0 Å². The zero-order valence-electron chi connectivity index (χ0n) is 19.3. The third-order valence-electron chi connectivity index (χ3n) is 5.45. The van der Waals surface area contributed by atoms with Gasteiger partial charge in [0.25, 0.3) is 0 Å². The highest BCUT2D eigenvalue weighted by molar-refractivity contribution is 5.90. The van der Waals surface area contributed by atoms with Crippen molar-refractivity contribution < 1.29 is 19.5 Å². The van der Waals surface area contributed by atoms with Gasteiger partial charge in [0, 0.05) is 25.7 Å². The summed E-state index contributed by atoms with van der Waals surface area (Å²) < 4.78 is 1.46. The van der Waals surface area contributed by atoms with Crippen molar-refractivity contribution in [3.05, 3.63) is 42.2 Å². The number of carbonyl (C=O) groups excluding carboxylic acids is 3. The Labute approximate surface area is 192 Å². The van der Waals surface area contributed by atoms with E-state index in [0.29, 0.717) is 11.4 Å². The zero-order valence-corrected chi connectivity index (χ0v) is 19.3. The molecule has 1 saturated heterocycles. The molecule has 11 nitrogen and oxygen atoms in total. The van der Waals surface area contributed by atoms with Crippen LogP contribution in [-0.2, 0) is 16.1 Å². The Morgan fingerprint density at radius 2 is 1.91 bits per heavy atom. The predicted molar refractivity (Wildman–Crippen MR) is 121 cm³/mol. The minimum Gasteiger partial charge on any atom is -0.391 e. The first-order valence-corrected chi connectivity index (χ1v) is 10.8. The van der Waals surface area contributed by atoms with Gasteiger partial charge in [-0.1, -0.05) is 44.2 Å². The first-order valence-electron chi connectivity index (χ1n) is 10.8. The third kappa shape index (κ3) is 5.86. The standard InChI is InChI=1S/C22H31N7O4/c1-22(2,3)18(20(32)28-13-16(30)10-17(28)19(31)23-4)29-12-15(26-27-29)11-24-21(33)25-14-8-6-5-7-9-14/h5-9,12,16-18,30H,10-11,13H2,1-4H3,(H,23,31)(H2,24,25,33)/t16-,17+,18-/m1/s1. The summed E-state index contributed by atoms with van der Waals surface area (Å²) in [6.07, 6.45) is 1.03. The number of carbonyl (C=O) groups is 3. The summed E-state index contributed by atoms with van der Waals surface area (Å²) in [6.45, 7) is 5.87. The summed E-state index contributed by atoms with van der Waals surface area (Å²) in [5.41, 5.74) is 0.584. The van der Waals surface area contributed by atoms with Crippen LogP contribution in [0.5, 0.6) is 0 Å². The molecule has 0 saturated carbocycles. The van der Waals surface area contributed by atoms with Crippen molar-refractivity contribution in [2.75, 3.05) is 18.9 Å². The number of likely N-dealkylation sites (tertiary alicyclic amines) is 1. The van der Waals surface area contributed by atoms with Crippen molar-refractivity contribution in [2.24, 2.45) is 5.41 Å². The number of urea groups is 1. The van der Waals surface area contributed by atoms with Crippen LogP contribution in [0.15, 0.2) is 36.5 Å². The minimum atomic E-state index is -0.768. The number of aromatic nitrogens is 3. The number of anilines is 1. The summed E-state index contributed by atoms with van der Waals surface area (Å²) >= 11 is 0. The molecule has 1 aliphatic heterocycles. The largest absolute Gasteiger partial charge is 0.391 e. The smallest absolute Gasteiger partial charge is 0.319 e. The minimum absolute atomic E-state index is 0.0757. The summed E-state index contributed by atoms with van der Waals surface area (Å²) in [6, 6.07) is 7.15. The molecular formula is C22H31N7O4. The van der Waals surface area contributed by atoms with Gasteiger partial charge >= 0.3 is 6.03 Å². The molecule has 11 heteroatoms. The average molecular weight is 458 g/mol. The lowest BCUT2D eigenvalue weighted by Crippen LogP contribution is -2.49. The van der Waals surface area contributed by atoms with E-state index < -0.39 is 29.6 Å². The lowest BCUT2D eigenvalue weighted by Gasteiger charge is -2.34. The van der Waals surface area contributed by atoms with Gasteiger partial charge in [-0.05, 0) is 17.5 Å². The van der Waals surface area contributed by atoms with Gasteiger partial charge < -0.3 is 26.0 Å². The number of nitrogens with zero attached hydrogens (tertiary/aromatic N) is 4. The molecule has 2 heterocycles. The van der Waals surface area contributed by atoms with E-state index in [9.17, 15) is 19.5 Å². The first kappa shape index (κ1) is 24.2. The quantitative estimate of drug-likeness (QED) is 0.508. The predicted octanol–water partition coefficient (Wildman–Crippen LogP) is 0.895. The highest BCUT2D eigenvalue weighted by atomic mass is 16.3. The lowest BCUT2D eigenvalue weighted by atomic mass is 9.85. The van der Waals surface area contributed by atoms with Gasteiger partial charge in [0.2, 0.25) is 11.8 Å². The Morgan fingerprint density at radius 3 is 2.55 bits per heavy atom. The third-order valence-corrected chi connectivity index (χ3v) is 5.45. The molecule has 0 bridgehead atoms. The number of aliphatic hydroxyl groups is 1. The second-order valence-corrected chi connectivity index (χ2v) is 9.14. The molecule has 1 aromatic carbocycles. The van der Waals surface area contributed by atoms with Crippen LogP contribution in [0.1, 0.15) is 38.9 Å². The Morgan fingerprint density at radius 1 is 1.21 bits per heavy atom. The Bertz CT molecular complexity index is 986. The Balaban J connectivity index is 1.72. The van der Waals surface area contributed by atoms with E-state index in [1.165, 1.54) is 16.6 Å². The number of benzene rings is 1. The van der Waals surface area contributed by atoms with Crippen molar-refractivity contribution in [1.29, 1.82) is 0 Å². The number of hydrogen-bond donors (Lipinski definition) is 4. The molecular weight excluding hydrogens is 426 g/mol. The van der Waals surface area contributed by atoms with Crippen molar-refractivity contribution in [2.45, 2.75) is 51.9 Å². The maximum Gasteiger partial charge on any atom is 0.319 e. The number of para-hydroxylation sites is 1. The van der Waals surface area contributed by atoms with Gasteiger partial charge in [-0.3, -0.25) is 9.59 Å². The van der Waals surface area contributed by atoms with E-state index in [1.807, 2.05) is 39.0 Å². The molecule has 0 unspecified atom stereocenters. The van der Waals surface area contributed by atoms with Gasteiger partial charge in [-0.2, -0.15) is 0 Å².